The molecule has 5 heteroatoms. The molecule has 0 unspecified atom stereocenters. The molecule has 2 aromatic rings. The van der Waals surface area contributed by atoms with Crippen molar-refractivity contribution in [3.05, 3.63) is 30.1 Å². The molecule has 0 radical (unpaired) electrons. The van der Waals surface area contributed by atoms with E-state index in [4.69, 9.17) is 10.8 Å². The minimum Gasteiger partial charge on any atom is -0.505 e. The lowest BCUT2D eigenvalue weighted by Gasteiger charge is -2.04. The van der Waals surface area contributed by atoms with Gasteiger partial charge in [0.15, 0.2) is 11.4 Å². The van der Waals surface area contributed by atoms with Crippen molar-refractivity contribution in [2.24, 2.45) is 0 Å². The minimum absolute atomic E-state index is 0.333. The Hall–Kier alpha value is -2.30. The Labute approximate surface area is 84.8 Å². The molecule has 1 heterocycles. The SMILES string of the molecule is Nc1ccc2c(O)c(C(=O)O)ncc2c1. The molecule has 0 saturated heterocycles. The summed E-state index contributed by atoms with van der Waals surface area (Å²) in [6, 6.07) is 4.77. The van der Waals surface area contributed by atoms with Crippen LogP contribution in [0.3, 0.4) is 0 Å². The van der Waals surface area contributed by atoms with Crippen molar-refractivity contribution in [2.75, 3.05) is 5.73 Å². The highest BCUT2D eigenvalue weighted by Crippen LogP contribution is 2.28. The number of carboxylic acid groups (broad SMARTS) is 1. The second kappa shape index (κ2) is 3.13. The number of rotatable bonds is 1. The Morgan fingerprint density at radius 3 is 2.80 bits per heavy atom. The second-order valence-corrected chi connectivity index (χ2v) is 3.11. The van der Waals surface area contributed by atoms with Crippen LogP contribution in [0.2, 0.25) is 0 Å². The fraction of sp³-hybridized carbons (Fsp3) is 0. The van der Waals surface area contributed by atoms with Crippen LogP contribution in [0.4, 0.5) is 5.69 Å². The highest BCUT2D eigenvalue weighted by atomic mass is 16.4. The molecule has 0 fully saturated rings. The molecule has 0 aliphatic rings. The van der Waals surface area contributed by atoms with Crippen molar-refractivity contribution in [1.29, 1.82) is 0 Å². The molecule has 0 amide bonds. The third-order valence-corrected chi connectivity index (χ3v) is 2.09. The van der Waals surface area contributed by atoms with Crippen LogP contribution in [0.25, 0.3) is 10.8 Å². The first-order chi connectivity index (χ1) is 7.09. The maximum atomic E-state index is 10.7. The molecular formula is C10H8N2O3. The molecule has 15 heavy (non-hydrogen) atoms. The number of anilines is 1. The molecule has 0 aliphatic carbocycles. The Morgan fingerprint density at radius 2 is 2.13 bits per heavy atom. The molecule has 0 bridgehead atoms. The Kier molecular flexibility index (Phi) is 1.93. The molecule has 0 spiro atoms. The van der Waals surface area contributed by atoms with Gasteiger partial charge >= 0.3 is 5.97 Å². The maximum absolute atomic E-state index is 10.7. The van der Waals surface area contributed by atoms with Gasteiger partial charge in [-0.3, -0.25) is 0 Å². The van der Waals surface area contributed by atoms with Crippen LogP contribution in [0.1, 0.15) is 10.5 Å². The molecule has 0 atom stereocenters. The average Bonchev–Trinajstić information content (AvgIpc) is 2.17. The predicted octanol–water partition coefficient (Wildman–Crippen LogP) is 1.22. The number of aromatic carboxylic acids is 1. The van der Waals surface area contributed by atoms with E-state index in [9.17, 15) is 9.90 Å². The molecule has 76 valence electrons. The monoisotopic (exact) mass is 204 g/mol. The van der Waals surface area contributed by atoms with Gasteiger partial charge in [0.25, 0.3) is 0 Å². The van der Waals surface area contributed by atoms with E-state index in [1.54, 1.807) is 18.2 Å². The van der Waals surface area contributed by atoms with Crippen LogP contribution < -0.4 is 5.73 Å². The van der Waals surface area contributed by atoms with Crippen LogP contribution >= 0.6 is 0 Å². The summed E-state index contributed by atoms with van der Waals surface area (Å²) < 4.78 is 0. The van der Waals surface area contributed by atoms with E-state index in [-0.39, 0.29) is 11.4 Å². The topological polar surface area (TPSA) is 96.4 Å². The normalized spacial score (nSPS) is 10.4. The molecule has 1 aromatic heterocycles. The van der Waals surface area contributed by atoms with E-state index in [1.807, 2.05) is 0 Å². The molecule has 2 rings (SSSR count). The molecule has 4 N–H and O–H groups in total. The third kappa shape index (κ3) is 1.43. The summed E-state index contributed by atoms with van der Waals surface area (Å²) in [5.41, 5.74) is 5.73. The second-order valence-electron chi connectivity index (χ2n) is 3.11. The highest BCUT2D eigenvalue weighted by molar-refractivity contribution is 5.98. The minimum atomic E-state index is -1.26. The Balaban J connectivity index is 2.80. The van der Waals surface area contributed by atoms with Crippen LogP contribution in [-0.4, -0.2) is 21.2 Å². The zero-order chi connectivity index (χ0) is 11.0. The number of hydrogen-bond acceptors (Lipinski definition) is 4. The fourth-order valence-corrected chi connectivity index (χ4v) is 1.38. The number of nitrogens with zero attached hydrogens (tertiary/aromatic N) is 1. The first-order valence-corrected chi connectivity index (χ1v) is 4.20. The number of benzene rings is 1. The number of carboxylic acids is 1. The van der Waals surface area contributed by atoms with E-state index in [0.717, 1.165) is 0 Å². The average molecular weight is 204 g/mol. The number of aromatic nitrogens is 1. The van der Waals surface area contributed by atoms with Gasteiger partial charge in [-0.2, -0.15) is 0 Å². The Bertz CT molecular complexity index is 552. The van der Waals surface area contributed by atoms with Crippen molar-refractivity contribution in [3.8, 4) is 5.75 Å². The zero-order valence-corrected chi connectivity index (χ0v) is 7.64. The third-order valence-electron chi connectivity index (χ3n) is 2.09. The zero-order valence-electron chi connectivity index (χ0n) is 7.64. The first kappa shape index (κ1) is 9.26. The van der Waals surface area contributed by atoms with E-state index in [1.165, 1.54) is 6.20 Å². The summed E-state index contributed by atoms with van der Waals surface area (Å²) in [6.07, 6.45) is 1.37. The molecule has 5 nitrogen and oxygen atoms in total. The van der Waals surface area contributed by atoms with Crippen LogP contribution in [-0.2, 0) is 0 Å². The maximum Gasteiger partial charge on any atom is 0.358 e. The highest BCUT2D eigenvalue weighted by Gasteiger charge is 2.13. The van der Waals surface area contributed by atoms with Crippen LogP contribution in [0, 0.1) is 0 Å². The van der Waals surface area contributed by atoms with E-state index < -0.39 is 5.97 Å². The van der Waals surface area contributed by atoms with Gasteiger partial charge in [0.05, 0.1) is 0 Å². The van der Waals surface area contributed by atoms with Gasteiger partial charge in [0, 0.05) is 22.7 Å². The van der Waals surface area contributed by atoms with Gasteiger partial charge in [-0.25, -0.2) is 9.78 Å². The first-order valence-electron chi connectivity index (χ1n) is 4.20. The summed E-state index contributed by atoms with van der Waals surface area (Å²) in [5.74, 6) is -1.59. The quantitative estimate of drug-likeness (QED) is 0.607. The fourth-order valence-electron chi connectivity index (χ4n) is 1.38. The smallest absolute Gasteiger partial charge is 0.358 e. The summed E-state index contributed by atoms with van der Waals surface area (Å²) in [5, 5.41) is 19.4. The Morgan fingerprint density at radius 1 is 1.40 bits per heavy atom. The van der Waals surface area contributed by atoms with Gasteiger partial charge in [-0.1, -0.05) is 0 Å². The summed E-state index contributed by atoms with van der Waals surface area (Å²) in [6.45, 7) is 0. The molecular weight excluding hydrogens is 196 g/mol. The van der Waals surface area contributed by atoms with Gasteiger partial charge in [0.2, 0.25) is 0 Å². The standard InChI is InChI=1S/C10H8N2O3/c11-6-1-2-7-5(3-6)4-12-8(9(7)13)10(14)15/h1-4,13H,11H2,(H,14,15). The van der Waals surface area contributed by atoms with Crippen molar-refractivity contribution >= 4 is 22.4 Å². The van der Waals surface area contributed by atoms with Crippen molar-refractivity contribution in [3.63, 3.8) is 0 Å². The van der Waals surface area contributed by atoms with Gasteiger partial charge in [-0.05, 0) is 18.2 Å². The van der Waals surface area contributed by atoms with E-state index in [0.29, 0.717) is 16.5 Å². The number of pyridine rings is 1. The molecule has 1 aromatic carbocycles. The van der Waals surface area contributed by atoms with Gasteiger partial charge in [-0.15, -0.1) is 0 Å². The summed E-state index contributed by atoms with van der Waals surface area (Å²) in [7, 11) is 0. The number of nitrogens with two attached hydrogens (primary N) is 1. The van der Waals surface area contributed by atoms with Crippen molar-refractivity contribution in [1.82, 2.24) is 4.98 Å². The number of aromatic hydroxyl groups is 1. The van der Waals surface area contributed by atoms with E-state index in [2.05, 4.69) is 4.98 Å². The van der Waals surface area contributed by atoms with Crippen LogP contribution in [0.5, 0.6) is 5.75 Å². The van der Waals surface area contributed by atoms with Gasteiger partial charge < -0.3 is 15.9 Å². The summed E-state index contributed by atoms with van der Waals surface area (Å²) in [4.78, 5) is 14.3. The summed E-state index contributed by atoms with van der Waals surface area (Å²) >= 11 is 0. The van der Waals surface area contributed by atoms with Crippen LogP contribution in [0.15, 0.2) is 24.4 Å². The number of fused-ring (bicyclic) bond motifs is 1. The lowest BCUT2D eigenvalue weighted by Crippen LogP contribution is -2.00. The van der Waals surface area contributed by atoms with Crippen molar-refractivity contribution in [2.45, 2.75) is 0 Å². The van der Waals surface area contributed by atoms with Gasteiger partial charge in [0.1, 0.15) is 0 Å². The number of carbonyl (C=O) groups is 1. The molecule has 0 saturated carbocycles. The van der Waals surface area contributed by atoms with E-state index >= 15 is 0 Å². The largest absolute Gasteiger partial charge is 0.505 e. The lowest BCUT2D eigenvalue weighted by molar-refractivity contribution is 0.0687. The molecule has 0 aliphatic heterocycles. The van der Waals surface area contributed by atoms with Crippen molar-refractivity contribution < 1.29 is 15.0 Å². The predicted molar refractivity (Wildman–Crippen MR) is 54.8 cm³/mol. The number of nitrogen functional groups attached to an aromatic ring is 1. The lowest BCUT2D eigenvalue weighted by atomic mass is 10.1. The number of hydrogen-bond donors (Lipinski definition) is 3.